The van der Waals surface area contributed by atoms with Crippen LogP contribution in [0.5, 0.6) is 0 Å². The summed E-state index contributed by atoms with van der Waals surface area (Å²) in [6, 6.07) is 2.15. The van der Waals surface area contributed by atoms with Crippen molar-refractivity contribution in [2.45, 2.75) is 39.7 Å². The maximum atomic E-state index is 12.8. The Labute approximate surface area is 129 Å². The number of amides is 1. The van der Waals surface area contributed by atoms with Crippen molar-refractivity contribution >= 4 is 27.7 Å². The molecule has 2 rings (SSSR count). The predicted octanol–water partition coefficient (Wildman–Crippen LogP) is 3.54. The number of anilines is 1. The summed E-state index contributed by atoms with van der Waals surface area (Å²) in [5.74, 6) is 1.45. The van der Waals surface area contributed by atoms with Gasteiger partial charge in [-0.15, -0.1) is 0 Å². The highest BCUT2D eigenvalue weighted by molar-refractivity contribution is 9.10. The SMILES string of the molecule is CCNc1ncc(Br)cc1C(=O)N1CCC(C)CC1C. The minimum atomic E-state index is 0.0779. The van der Waals surface area contributed by atoms with Crippen LogP contribution < -0.4 is 5.32 Å². The molecule has 110 valence electrons. The van der Waals surface area contributed by atoms with Crippen molar-refractivity contribution in [1.29, 1.82) is 0 Å². The van der Waals surface area contributed by atoms with E-state index < -0.39 is 0 Å². The second-order valence-corrected chi connectivity index (χ2v) is 6.47. The number of rotatable bonds is 3. The van der Waals surface area contributed by atoms with Crippen LogP contribution in [-0.2, 0) is 0 Å². The number of pyridine rings is 1. The number of carbonyl (C=O) groups is 1. The second kappa shape index (κ2) is 6.57. The zero-order chi connectivity index (χ0) is 14.7. The summed E-state index contributed by atoms with van der Waals surface area (Å²) < 4.78 is 0.834. The van der Waals surface area contributed by atoms with Crippen LogP contribution in [0.4, 0.5) is 5.82 Å². The molecule has 1 amide bonds. The molecule has 4 nitrogen and oxygen atoms in total. The first-order valence-electron chi connectivity index (χ1n) is 7.23. The lowest BCUT2D eigenvalue weighted by Crippen LogP contribution is -2.44. The topological polar surface area (TPSA) is 45.2 Å². The molecular weight excluding hydrogens is 318 g/mol. The summed E-state index contributed by atoms with van der Waals surface area (Å²) in [6.45, 7) is 7.97. The predicted molar refractivity (Wildman–Crippen MR) is 85.0 cm³/mol. The van der Waals surface area contributed by atoms with E-state index in [0.29, 0.717) is 23.3 Å². The van der Waals surface area contributed by atoms with E-state index in [1.165, 1.54) is 0 Å². The van der Waals surface area contributed by atoms with Gasteiger partial charge in [-0.3, -0.25) is 4.79 Å². The Kier molecular flexibility index (Phi) is 5.02. The first-order valence-corrected chi connectivity index (χ1v) is 8.02. The molecule has 20 heavy (non-hydrogen) atoms. The highest BCUT2D eigenvalue weighted by atomic mass is 79.9. The normalized spacial score (nSPS) is 22.7. The third-order valence-corrected chi connectivity index (χ3v) is 4.26. The zero-order valence-electron chi connectivity index (χ0n) is 12.3. The summed E-state index contributed by atoms with van der Waals surface area (Å²) in [5.41, 5.74) is 0.655. The summed E-state index contributed by atoms with van der Waals surface area (Å²) in [6.07, 6.45) is 3.87. The van der Waals surface area contributed by atoms with Crippen molar-refractivity contribution in [3.63, 3.8) is 0 Å². The van der Waals surface area contributed by atoms with E-state index in [1.54, 1.807) is 6.20 Å². The van der Waals surface area contributed by atoms with Crippen molar-refractivity contribution in [3.05, 3.63) is 22.3 Å². The second-order valence-electron chi connectivity index (χ2n) is 5.56. The number of hydrogen-bond acceptors (Lipinski definition) is 3. The molecule has 0 saturated carbocycles. The minimum absolute atomic E-state index is 0.0779. The Morgan fingerprint density at radius 2 is 2.30 bits per heavy atom. The zero-order valence-corrected chi connectivity index (χ0v) is 13.9. The van der Waals surface area contributed by atoms with Crippen LogP contribution in [0.3, 0.4) is 0 Å². The molecule has 1 aromatic rings. The van der Waals surface area contributed by atoms with Crippen LogP contribution in [0.1, 0.15) is 44.0 Å². The first-order chi connectivity index (χ1) is 9.52. The molecule has 1 fully saturated rings. The van der Waals surface area contributed by atoms with E-state index in [1.807, 2.05) is 17.9 Å². The monoisotopic (exact) mass is 339 g/mol. The molecular formula is C15H22BrN3O. The number of aromatic nitrogens is 1. The molecule has 1 aromatic heterocycles. The van der Waals surface area contributed by atoms with Gasteiger partial charge in [0.05, 0.1) is 5.56 Å². The molecule has 0 radical (unpaired) electrons. The van der Waals surface area contributed by atoms with Crippen molar-refractivity contribution in [3.8, 4) is 0 Å². The third-order valence-electron chi connectivity index (χ3n) is 3.83. The Hall–Kier alpha value is -1.10. The standard InChI is InChI=1S/C15H22BrN3O/c1-4-17-14-13(8-12(16)9-18-14)15(20)19-6-5-10(2)7-11(19)3/h8-11H,4-7H2,1-3H3,(H,17,18). The van der Waals surface area contributed by atoms with Crippen molar-refractivity contribution in [2.75, 3.05) is 18.4 Å². The van der Waals surface area contributed by atoms with Crippen LogP contribution in [0.25, 0.3) is 0 Å². The lowest BCUT2D eigenvalue weighted by Gasteiger charge is -2.36. The number of nitrogens with one attached hydrogen (secondary N) is 1. The highest BCUT2D eigenvalue weighted by Gasteiger charge is 2.29. The fourth-order valence-electron chi connectivity index (χ4n) is 2.77. The fourth-order valence-corrected chi connectivity index (χ4v) is 3.11. The van der Waals surface area contributed by atoms with Gasteiger partial charge in [0.15, 0.2) is 0 Å². The average Bonchev–Trinajstić information content (AvgIpc) is 2.40. The molecule has 1 saturated heterocycles. The minimum Gasteiger partial charge on any atom is -0.370 e. The van der Waals surface area contributed by atoms with Crippen LogP contribution >= 0.6 is 15.9 Å². The molecule has 0 spiro atoms. The van der Waals surface area contributed by atoms with Gasteiger partial charge in [0.25, 0.3) is 5.91 Å². The van der Waals surface area contributed by atoms with Gasteiger partial charge in [0.1, 0.15) is 5.82 Å². The molecule has 1 aliphatic heterocycles. The van der Waals surface area contributed by atoms with E-state index in [4.69, 9.17) is 0 Å². The lowest BCUT2D eigenvalue weighted by atomic mass is 9.93. The Morgan fingerprint density at radius 1 is 1.55 bits per heavy atom. The summed E-state index contributed by atoms with van der Waals surface area (Å²) >= 11 is 3.40. The van der Waals surface area contributed by atoms with Crippen LogP contribution in [0, 0.1) is 5.92 Å². The molecule has 2 atom stereocenters. The molecule has 0 aliphatic carbocycles. The summed E-state index contributed by atoms with van der Waals surface area (Å²) in [7, 11) is 0. The van der Waals surface area contributed by atoms with Crippen molar-refractivity contribution in [2.24, 2.45) is 5.92 Å². The summed E-state index contributed by atoms with van der Waals surface area (Å²) in [5, 5.41) is 3.17. The Bertz CT molecular complexity index is 492. The van der Waals surface area contributed by atoms with Crippen LogP contribution in [-0.4, -0.2) is 34.9 Å². The Balaban J connectivity index is 2.26. The number of nitrogens with zero attached hydrogens (tertiary/aromatic N) is 2. The van der Waals surface area contributed by atoms with Gasteiger partial charge in [0.2, 0.25) is 0 Å². The summed E-state index contributed by atoms with van der Waals surface area (Å²) in [4.78, 5) is 19.1. The number of piperidine rings is 1. The fraction of sp³-hybridized carbons (Fsp3) is 0.600. The largest absolute Gasteiger partial charge is 0.370 e. The van der Waals surface area contributed by atoms with E-state index >= 15 is 0 Å². The smallest absolute Gasteiger partial charge is 0.257 e. The van der Waals surface area contributed by atoms with Gasteiger partial charge in [-0.25, -0.2) is 4.98 Å². The molecule has 5 heteroatoms. The maximum Gasteiger partial charge on any atom is 0.257 e. The first kappa shape index (κ1) is 15.3. The van der Waals surface area contributed by atoms with E-state index in [9.17, 15) is 4.79 Å². The van der Waals surface area contributed by atoms with Gasteiger partial charge >= 0.3 is 0 Å². The van der Waals surface area contributed by atoms with E-state index in [-0.39, 0.29) is 5.91 Å². The van der Waals surface area contributed by atoms with Gasteiger partial charge in [-0.05, 0) is 54.6 Å². The number of hydrogen-bond donors (Lipinski definition) is 1. The van der Waals surface area contributed by atoms with Crippen LogP contribution in [0.15, 0.2) is 16.7 Å². The Morgan fingerprint density at radius 3 is 2.95 bits per heavy atom. The third kappa shape index (κ3) is 3.32. The van der Waals surface area contributed by atoms with E-state index in [2.05, 4.69) is 40.1 Å². The molecule has 0 aromatic carbocycles. The number of likely N-dealkylation sites (tertiary alicyclic amines) is 1. The quantitative estimate of drug-likeness (QED) is 0.915. The molecule has 1 aliphatic rings. The lowest BCUT2D eigenvalue weighted by molar-refractivity contribution is 0.0589. The molecule has 1 N–H and O–H groups in total. The van der Waals surface area contributed by atoms with E-state index in [0.717, 1.165) is 30.4 Å². The van der Waals surface area contributed by atoms with Gasteiger partial charge in [-0.2, -0.15) is 0 Å². The van der Waals surface area contributed by atoms with Gasteiger partial charge in [-0.1, -0.05) is 6.92 Å². The van der Waals surface area contributed by atoms with Gasteiger partial charge in [0, 0.05) is 29.8 Å². The molecule has 0 bridgehead atoms. The average molecular weight is 340 g/mol. The number of carbonyl (C=O) groups excluding carboxylic acids is 1. The maximum absolute atomic E-state index is 12.8. The van der Waals surface area contributed by atoms with Crippen molar-refractivity contribution in [1.82, 2.24) is 9.88 Å². The van der Waals surface area contributed by atoms with Gasteiger partial charge < -0.3 is 10.2 Å². The highest BCUT2D eigenvalue weighted by Crippen LogP contribution is 2.26. The molecule has 2 heterocycles. The van der Waals surface area contributed by atoms with Crippen LogP contribution in [0.2, 0.25) is 0 Å². The number of halogens is 1. The molecule has 2 unspecified atom stereocenters. The van der Waals surface area contributed by atoms with Crippen molar-refractivity contribution < 1.29 is 4.79 Å².